The van der Waals surface area contributed by atoms with Gasteiger partial charge in [0, 0.05) is 24.1 Å². The van der Waals surface area contributed by atoms with Crippen LogP contribution in [-0.2, 0) is 22.4 Å². The molecule has 0 amide bonds. The number of carbonyl (C=O) groups excluding carboxylic acids is 1. The van der Waals surface area contributed by atoms with Crippen LogP contribution in [0.3, 0.4) is 0 Å². The third kappa shape index (κ3) is 5.20. The normalized spacial score (nSPS) is 12.0. The number of nitrogens with zero attached hydrogens (tertiary/aromatic N) is 1. The van der Waals surface area contributed by atoms with Gasteiger partial charge in [0.25, 0.3) is 5.56 Å². The third-order valence-electron chi connectivity index (χ3n) is 5.43. The fourth-order valence-electron chi connectivity index (χ4n) is 3.69. The van der Waals surface area contributed by atoms with E-state index in [9.17, 15) is 24.3 Å². The second-order valence-corrected chi connectivity index (χ2v) is 7.70. The van der Waals surface area contributed by atoms with Crippen molar-refractivity contribution in [2.75, 3.05) is 5.73 Å². The SMILES string of the molecule is Cc1[nH]c2nc(N)[nH]c(=O)c2c1CCc1ccc(C(=O)C[C@@H](CCC(=O)O)C(=O)O)cc1. The largest absolute Gasteiger partial charge is 0.481 e. The van der Waals surface area contributed by atoms with Crippen LogP contribution < -0.4 is 11.3 Å². The van der Waals surface area contributed by atoms with Crippen molar-refractivity contribution < 1.29 is 24.6 Å². The lowest BCUT2D eigenvalue weighted by Gasteiger charge is -2.10. The quantitative estimate of drug-likeness (QED) is 0.297. The maximum atomic E-state index is 12.4. The molecule has 2 aromatic heterocycles. The van der Waals surface area contributed by atoms with Crippen LogP contribution in [0.5, 0.6) is 0 Å². The minimum atomic E-state index is -1.18. The number of ketones is 1. The highest BCUT2D eigenvalue weighted by Crippen LogP contribution is 2.21. The van der Waals surface area contributed by atoms with Crippen LogP contribution in [0.15, 0.2) is 29.1 Å². The fraction of sp³-hybridized carbons (Fsp3) is 0.318. The molecular formula is C22H24N4O6. The summed E-state index contributed by atoms with van der Waals surface area (Å²) in [5, 5.41) is 18.5. The summed E-state index contributed by atoms with van der Waals surface area (Å²) in [5.74, 6) is -3.62. The number of aromatic amines is 2. The Morgan fingerprint density at radius 1 is 1.09 bits per heavy atom. The number of nitrogen functional groups attached to an aromatic ring is 1. The molecule has 0 aliphatic carbocycles. The van der Waals surface area contributed by atoms with Crippen molar-refractivity contribution in [3.63, 3.8) is 0 Å². The molecule has 0 saturated heterocycles. The van der Waals surface area contributed by atoms with Crippen LogP contribution in [0.4, 0.5) is 5.95 Å². The Morgan fingerprint density at radius 3 is 2.41 bits per heavy atom. The first-order chi connectivity index (χ1) is 15.2. The van der Waals surface area contributed by atoms with Crippen LogP contribution in [-0.4, -0.2) is 42.9 Å². The van der Waals surface area contributed by atoms with E-state index in [1.807, 2.05) is 6.92 Å². The van der Waals surface area contributed by atoms with Gasteiger partial charge in [-0.3, -0.25) is 24.2 Å². The number of carboxylic acid groups (broad SMARTS) is 2. The van der Waals surface area contributed by atoms with E-state index in [4.69, 9.17) is 10.8 Å². The summed E-state index contributed by atoms with van der Waals surface area (Å²) in [5.41, 5.74) is 8.71. The van der Waals surface area contributed by atoms with E-state index in [0.29, 0.717) is 29.4 Å². The first-order valence-corrected chi connectivity index (χ1v) is 10.1. The number of anilines is 1. The third-order valence-corrected chi connectivity index (χ3v) is 5.43. The fourth-order valence-corrected chi connectivity index (χ4v) is 3.69. The topological polar surface area (TPSA) is 179 Å². The zero-order chi connectivity index (χ0) is 23.4. The first kappa shape index (κ1) is 22.7. The van der Waals surface area contributed by atoms with Crippen LogP contribution in [0.25, 0.3) is 11.0 Å². The Bertz CT molecular complexity index is 1230. The van der Waals surface area contributed by atoms with Crippen molar-refractivity contribution in [1.29, 1.82) is 0 Å². The van der Waals surface area contributed by atoms with Crippen molar-refractivity contribution in [3.8, 4) is 0 Å². The van der Waals surface area contributed by atoms with E-state index in [0.717, 1.165) is 16.8 Å². The molecule has 10 nitrogen and oxygen atoms in total. The Balaban J connectivity index is 1.67. The number of Topliss-reactive ketones (excluding diaryl/α,β-unsaturated/α-hetero) is 1. The summed E-state index contributed by atoms with van der Waals surface area (Å²) in [7, 11) is 0. The number of aromatic nitrogens is 3. The standard InChI is InChI=1S/C22H24N4O6/c1-11-15(18-19(24-11)25-22(23)26-20(18)30)8-4-12-2-5-13(6-3-12)16(27)10-14(21(31)32)7-9-17(28)29/h2-3,5-6,14H,4,7-10H2,1H3,(H,28,29)(H,31,32)(H4,23,24,25,26,30)/t14-/m1/s1. The minimum Gasteiger partial charge on any atom is -0.481 e. The molecule has 0 spiro atoms. The second kappa shape index (κ2) is 9.46. The molecule has 6 N–H and O–H groups in total. The predicted molar refractivity (Wildman–Crippen MR) is 117 cm³/mol. The summed E-state index contributed by atoms with van der Waals surface area (Å²) >= 11 is 0. The number of hydrogen-bond donors (Lipinski definition) is 5. The zero-order valence-corrected chi connectivity index (χ0v) is 17.5. The van der Waals surface area contributed by atoms with Crippen LogP contribution >= 0.6 is 0 Å². The lowest BCUT2D eigenvalue weighted by molar-refractivity contribution is -0.142. The van der Waals surface area contributed by atoms with E-state index in [-0.39, 0.29) is 36.6 Å². The predicted octanol–water partition coefficient (Wildman–Crippen LogP) is 2.07. The van der Waals surface area contributed by atoms with E-state index >= 15 is 0 Å². The molecule has 168 valence electrons. The molecule has 0 bridgehead atoms. The molecule has 0 unspecified atom stereocenters. The number of carboxylic acids is 2. The van der Waals surface area contributed by atoms with E-state index in [2.05, 4.69) is 15.0 Å². The van der Waals surface area contributed by atoms with Crippen LogP contribution in [0, 0.1) is 12.8 Å². The maximum absolute atomic E-state index is 12.4. The van der Waals surface area contributed by atoms with Gasteiger partial charge in [0.15, 0.2) is 5.78 Å². The van der Waals surface area contributed by atoms with Crippen LogP contribution in [0.2, 0.25) is 0 Å². The molecule has 1 aromatic carbocycles. The molecule has 0 aliphatic heterocycles. The van der Waals surface area contributed by atoms with Gasteiger partial charge in [0.05, 0.1) is 11.3 Å². The number of hydrogen-bond acceptors (Lipinski definition) is 6. The number of nitrogens with two attached hydrogens (primary N) is 1. The molecule has 10 heteroatoms. The number of H-pyrrole nitrogens is 2. The minimum absolute atomic E-state index is 0.0450. The number of carbonyl (C=O) groups is 3. The summed E-state index contributed by atoms with van der Waals surface area (Å²) in [4.78, 5) is 56.4. The Kier molecular flexibility index (Phi) is 6.72. The molecular weight excluding hydrogens is 416 g/mol. The molecule has 32 heavy (non-hydrogen) atoms. The summed E-state index contributed by atoms with van der Waals surface area (Å²) in [6.45, 7) is 1.86. The lowest BCUT2D eigenvalue weighted by atomic mass is 9.93. The maximum Gasteiger partial charge on any atom is 0.306 e. The summed E-state index contributed by atoms with van der Waals surface area (Å²) < 4.78 is 0. The number of aryl methyl sites for hydroxylation is 3. The average molecular weight is 440 g/mol. The molecule has 2 heterocycles. The van der Waals surface area contributed by atoms with Crippen molar-refractivity contribution >= 4 is 34.7 Å². The average Bonchev–Trinajstić information content (AvgIpc) is 3.04. The molecule has 0 aliphatic rings. The molecule has 0 fully saturated rings. The number of rotatable bonds is 10. The Labute approximate surface area is 182 Å². The summed E-state index contributed by atoms with van der Waals surface area (Å²) in [6, 6.07) is 6.83. The second-order valence-electron chi connectivity index (χ2n) is 7.70. The number of aliphatic carboxylic acids is 2. The van der Waals surface area contributed by atoms with Gasteiger partial charge in [-0.2, -0.15) is 4.98 Å². The molecule has 3 rings (SSSR count). The number of benzene rings is 1. The van der Waals surface area contributed by atoms with Gasteiger partial charge in [-0.05, 0) is 37.3 Å². The van der Waals surface area contributed by atoms with Crippen molar-refractivity contribution in [2.45, 2.75) is 39.0 Å². The van der Waals surface area contributed by atoms with E-state index < -0.39 is 17.9 Å². The van der Waals surface area contributed by atoms with Gasteiger partial charge >= 0.3 is 11.9 Å². The zero-order valence-electron chi connectivity index (χ0n) is 17.5. The smallest absolute Gasteiger partial charge is 0.306 e. The Morgan fingerprint density at radius 2 is 1.78 bits per heavy atom. The first-order valence-electron chi connectivity index (χ1n) is 10.1. The van der Waals surface area contributed by atoms with Gasteiger partial charge in [-0.15, -0.1) is 0 Å². The van der Waals surface area contributed by atoms with Gasteiger partial charge in [-0.25, -0.2) is 0 Å². The summed E-state index contributed by atoms with van der Waals surface area (Å²) in [6.07, 6.45) is 0.529. The van der Waals surface area contributed by atoms with Crippen LogP contribution in [0.1, 0.15) is 46.4 Å². The van der Waals surface area contributed by atoms with E-state index in [1.54, 1.807) is 24.3 Å². The Hall–Kier alpha value is -3.95. The highest BCUT2D eigenvalue weighted by Gasteiger charge is 2.23. The van der Waals surface area contributed by atoms with Crippen molar-refractivity contribution in [2.24, 2.45) is 5.92 Å². The highest BCUT2D eigenvalue weighted by atomic mass is 16.4. The highest BCUT2D eigenvalue weighted by molar-refractivity contribution is 5.98. The molecule has 3 aromatic rings. The van der Waals surface area contributed by atoms with Gasteiger partial charge < -0.3 is 20.9 Å². The number of nitrogens with one attached hydrogen (secondary N) is 2. The van der Waals surface area contributed by atoms with Crippen molar-refractivity contribution in [1.82, 2.24) is 15.0 Å². The lowest BCUT2D eigenvalue weighted by Crippen LogP contribution is -2.19. The van der Waals surface area contributed by atoms with Crippen molar-refractivity contribution in [3.05, 3.63) is 57.0 Å². The van der Waals surface area contributed by atoms with Gasteiger partial charge in [0.1, 0.15) is 5.65 Å². The molecule has 0 radical (unpaired) electrons. The molecule has 1 atom stereocenters. The van der Waals surface area contributed by atoms with Gasteiger partial charge in [-0.1, -0.05) is 24.3 Å². The number of fused-ring (bicyclic) bond motifs is 1. The monoisotopic (exact) mass is 440 g/mol. The van der Waals surface area contributed by atoms with Gasteiger partial charge in [0.2, 0.25) is 5.95 Å². The van der Waals surface area contributed by atoms with E-state index in [1.165, 1.54) is 0 Å². The molecule has 0 saturated carbocycles.